The van der Waals surface area contributed by atoms with Gasteiger partial charge in [-0.05, 0) is 40.9 Å². The average Bonchev–Trinajstić information content (AvgIpc) is 3.15. The molecule has 0 radical (unpaired) electrons. The van der Waals surface area contributed by atoms with Gasteiger partial charge in [0.25, 0.3) is 0 Å². The lowest BCUT2D eigenvalue weighted by molar-refractivity contribution is 0.280. The van der Waals surface area contributed by atoms with Crippen LogP contribution in [0.1, 0.15) is 30.0 Å². The van der Waals surface area contributed by atoms with Crippen LogP contribution in [0, 0.1) is 0 Å². The summed E-state index contributed by atoms with van der Waals surface area (Å²) < 4.78 is 2.49. The molecule has 1 aliphatic rings. The van der Waals surface area contributed by atoms with E-state index in [1.165, 1.54) is 0 Å². The molecule has 0 spiro atoms. The van der Waals surface area contributed by atoms with Crippen LogP contribution in [0.2, 0.25) is 5.15 Å². The van der Waals surface area contributed by atoms with Crippen LogP contribution in [0.15, 0.2) is 22.8 Å². The Morgan fingerprint density at radius 3 is 2.78 bits per heavy atom. The molecular weight excluding hydrogens is 318 g/mol. The molecule has 18 heavy (non-hydrogen) atoms. The van der Waals surface area contributed by atoms with Gasteiger partial charge in [0.2, 0.25) is 0 Å². The average molecular weight is 329 g/mol. The van der Waals surface area contributed by atoms with E-state index in [0.717, 1.165) is 28.6 Å². The maximum Gasteiger partial charge on any atom is 0.155 e. The molecule has 2 heterocycles. The second kappa shape index (κ2) is 4.64. The molecule has 0 atom stereocenters. The highest BCUT2D eigenvalue weighted by Gasteiger charge is 2.31. The topological polar surface area (TPSA) is 50.9 Å². The second-order valence-electron chi connectivity index (χ2n) is 4.33. The summed E-state index contributed by atoms with van der Waals surface area (Å²) in [5.74, 6) is 1.10. The molecule has 0 bridgehead atoms. The Kier molecular flexibility index (Phi) is 3.13. The maximum atomic E-state index is 9.41. The van der Waals surface area contributed by atoms with E-state index in [2.05, 4.69) is 26.0 Å². The van der Waals surface area contributed by atoms with Crippen LogP contribution in [0.3, 0.4) is 0 Å². The molecule has 0 aliphatic heterocycles. The van der Waals surface area contributed by atoms with Gasteiger partial charge in [-0.15, -0.1) is 0 Å². The van der Waals surface area contributed by atoms with Crippen molar-refractivity contribution in [2.24, 2.45) is 0 Å². The Morgan fingerprint density at radius 1 is 1.44 bits per heavy atom. The van der Waals surface area contributed by atoms with Crippen molar-refractivity contribution in [2.45, 2.75) is 25.4 Å². The largest absolute Gasteiger partial charge is 0.391 e. The molecule has 94 valence electrons. The smallest absolute Gasteiger partial charge is 0.155 e. The van der Waals surface area contributed by atoms with Crippen LogP contribution < -0.4 is 0 Å². The van der Waals surface area contributed by atoms with E-state index in [0.29, 0.717) is 16.9 Å². The Labute approximate surface area is 118 Å². The lowest BCUT2D eigenvalue weighted by atomic mass is 10.2. The van der Waals surface area contributed by atoms with Crippen molar-refractivity contribution >= 4 is 27.5 Å². The van der Waals surface area contributed by atoms with Crippen molar-refractivity contribution in [1.29, 1.82) is 0 Å². The summed E-state index contributed by atoms with van der Waals surface area (Å²) in [6.07, 6.45) is 3.94. The van der Waals surface area contributed by atoms with Gasteiger partial charge in [-0.2, -0.15) is 5.10 Å². The predicted octanol–water partition coefficient (Wildman–Crippen LogP) is 3.05. The molecule has 1 fully saturated rings. The fourth-order valence-corrected chi connectivity index (χ4v) is 2.44. The molecule has 1 aliphatic carbocycles. The monoisotopic (exact) mass is 327 g/mol. The highest BCUT2D eigenvalue weighted by atomic mass is 79.9. The Balaban J connectivity index is 2.08. The minimum Gasteiger partial charge on any atom is -0.391 e. The molecule has 0 amide bonds. The Bertz CT molecular complexity index is 578. The second-order valence-corrected chi connectivity index (χ2v) is 5.61. The number of aliphatic hydroxyl groups excluding tert-OH is 1. The summed E-state index contributed by atoms with van der Waals surface area (Å²) in [5.41, 5.74) is 1.64. The van der Waals surface area contributed by atoms with Gasteiger partial charge in [-0.25, -0.2) is 9.67 Å². The molecule has 4 nitrogen and oxygen atoms in total. The summed E-state index contributed by atoms with van der Waals surface area (Å²) in [4.78, 5) is 4.27. The SMILES string of the molecule is OCc1c(C2CC2)nn(-c2ccc(Br)cn2)c1Cl. The molecule has 0 saturated heterocycles. The van der Waals surface area contributed by atoms with Gasteiger partial charge in [-0.1, -0.05) is 11.6 Å². The van der Waals surface area contributed by atoms with Gasteiger partial charge >= 0.3 is 0 Å². The first-order valence-electron chi connectivity index (χ1n) is 5.70. The fraction of sp³-hybridized carbons (Fsp3) is 0.333. The molecule has 2 aromatic rings. The summed E-state index contributed by atoms with van der Waals surface area (Å²) in [5, 5.41) is 14.4. The number of halogens is 2. The van der Waals surface area contributed by atoms with E-state index in [-0.39, 0.29) is 6.61 Å². The highest BCUT2D eigenvalue weighted by molar-refractivity contribution is 9.10. The number of rotatable bonds is 3. The molecule has 3 rings (SSSR count). The summed E-state index contributed by atoms with van der Waals surface area (Å²) >= 11 is 9.60. The lowest BCUT2D eigenvalue weighted by Crippen LogP contribution is -1.99. The Morgan fingerprint density at radius 2 is 2.22 bits per heavy atom. The van der Waals surface area contributed by atoms with E-state index >= 15 is 0 Å². The van der Waals surface area contributed by atoms with E-state index < -0.39 is 0 Å². The molecule has 6 heteroatoms. The summed E-state index contributed by atoms with van der Waals surface area (Å²) in [7, 11) is 0. The first-order chi connectivity index (χ1) is 8.70. The lowest BCUT2D eigenvalue weighted by Gasteiger charge is -2.01. The molecule has 0 aromatic carbocycles. The summed E-state index contributed by atoms with van der Waals surface area (Å²) in [6, 6.07) is 3.72. The van der Waals surface area contributed by atoms with Crippen molar-refractivity contribution in [3.8, 4) is 5.82 Å². The van der Waals surface area contributed by atoms with Crippen LogP contribution in [0.5, 0.6) is 0 Å². The number of hydrogen-bond acceptors (Lipinski definition) is 3. The maximum absolute atomic E-state index is 9.41. The minimum atomic E-state index is -0.0821. The van der Waals surface area contributed by atoms with Crippen molar-refractivity contribution in [3.05, 3.63) is 39.2 Å². The van der Waals surface area contributed by atoms with Gasteiger partial charge in [0, 0.05) is 22.2 Å². The molecule has 1 saturated carbocycles. The van der Waals surface area contributed by atoms with Crippen LogP contribution in [0.4, 0.5) is 0 Å². The third-order valence-electron chi connectivity index (χ3n) is 3.00. The van der Waals surface area contributed by atoms with Gasteiger partial charge in [0.1, 0.15) is 5.15 Å². The molecule has 0 unspecified atom stereocenters. The van der Waals surface area contributed by atoms with Crippen molar-refractivity contribution in [3.63, 3.8) is 0 Å². The van der Waals surface area contributed by atoms with Gasteiger partial charge in [0.15, 0.2) is 5.82 Å². The number of aliphatic hydroxyl groups is 1. The van der Waals surface area contributed by atoms with Crippen LogP contribution in [0.25, 0.3) is 5.82 Å². The number of aromatic nitrogens is 3. The van der Waals surface area contributed by atoms with E-state index in [9.17, 15) is 5.11 Å². The van der Waals surface area contributed by atoms with Gasteiger partial charge in [0.05, 0.1) is 12.3 Å². The zero-order valence-electron chi connectivity index (χ0n) is 9.48. The van der Waals surface area contributed by atoms with Crippen LogP contribution in [-0.2, 0) is 6.61 Å². The highest BCUT2D eigenvalue weighted by Crippen LogP contribution is 2.42. The Hall–Kier alpha value is -0.910. The predicted molar refractivity (Wildman–Crippen MR) is 72.0 cm³/mol. The zero-order chi connectivity index (χ0) is 12.7. The normalized spacial score (nSPS) is 15.1. The van der Waals surface area contributed by atoms with Crippen LogP contribution in [-0.4, -0.2) is 19.9 Å². The zero-order valence-corrected chi connectivity index (χ0v) is 11.8. The fourth-order valence-electron chi connectivity index (χ4n) is 1.92. The third kappa shape index (κ3) is 2.06. The van der Waals surface area contributed by atoms with Crippen molar-refractivity contribution in [2.75, 3.05) is 0 Å². The molecule has 1 N–H and O–H groups in total. The minimum absolute atomic E-state index is 0.0821. The van der Waals surface area contributed by atoms with Crippen molar-refractivity contribution in [1.82, 2.24) is 14.8 Å². The third-order valence-corrected chi connectivity index (χ3v) is 3.86. The summed E-state index contributed by atoms with van der Waals surface area (Å²) in [6.45, 7) is -0.0821. The van der Waals surface area contributed by atoms with Crippen LogP contribution >= 0.6 is 27.5 Å². The number of nitrogens with zero attached hydrogens (tertiary/aromatic N) is 3. The molecular formula is C12H11BrClN3O. The van der Waals surface area contributed by atoms with E-state index in [1.807, 2.05) is 12.1 Å². The van der Waals surface area contributed by atoms with E-state index in [4.69, 9.17) is 11.6 Å². The first-order valence-corrected chi connectivity index (χ1v) is 6.88. The standard InChI is InChI=1S/C12H11BrClN3O/c13-8-3-4-10(15-5-8)17-12(14)9(6-18)11(16-17)7-1-2-7/h3-5,7,18H,1-2,6H2. The number of pyridine rings is 1. The van der Waals surface area contributed by atoms with E-state index in [1.54, 1.807) is 10.9 Å². The number of hydrogen-bond donors (Lipinski definition) is 1. The molecule has 2 aromatic heterocycles. The van der Waals surface area contributed by atoms with Crippen molar-refractivity contribution < 1.29 is 5.11 Å². The van der Waals surface area contributed by atoms with Gasteiger partial charge < -0.3 is 5.11 Å². The first kappa shape index (κ1) is 12.1. The van der Waals surface area contributed by atoms with Gasteiger partial charge in [-0.3, -0.25) is 0 Å². The quantitative estimate of drug-likeness (QED) is 0.942.